The Labute approximate surface area is 304 Å². The number of ether oxygens (including phenoxy) is 5. The predicted octanol–water partition coefficient (Wildman–Crippen LogP) is 3.85. The zero-order valence-electron chi connectivity index (χ0n) is 30.6. The van der Waals surface area contributed by atoms with Crippen LogP contribution in [0.4, 0.5) is 0 Å². The standard InChI is InChI=1S/C38H52N6O8/c1-28-25-33(41-42(3)38(28)47)37-40-34-27-39-32(26-35(34)44(37)29(2)30-7-5-4-6-8-30)31-9-12-43(13-10-31)14-16-49-18-20-51-22-24-52-23-21-50-19-17-48-15-11-36(45)46/h4-8,25-27,29,31H,9-24H2,1-3H3,(H,45,46)/t29-/m0/s1. The molecular weight excluding hydrogens is 668 g/mol. The molecule has 282 valence electrons. The van der Waals surface area contributed by atoms with Crippen molar-refractivity contribution in [3.63, 3.8) is 0 Å². The molecule has 0 amide bonds. The topological polar surface area (TPSA) is 152 Å². The first-order chi connectivity index (χ1) is 25.3. The van der Waals surface area contributed by atoms with E-state index in [1.54, 1.807) is 7.05 Å². The molecule has 0 unspecified atom stereocenters. The number of carboxylic acids is 1. The number of piperidine rings is 1. The molecule has 1 saturated heterocycles. The molecule has 0 spiro atoms. The Morgan fingerprint density at radius 1 is 0.885 bits per heavy atom. The van der Waals surface area contributed by atoms with Gasteiger partial charge in [0.1, 0.15) is 11.2 Å². The first-order valence-corrected chi connectivity index (χ1v) is 18.1. The SMILES string of the molecule is Cc1cc(-c2nc3cnc(C4CCN(CCOCCOCCOCCOCCOCCC(=O)O)CC4)cc3n2[C@@H](C)c2ccccc2)nn(C)c1=O. The number of nitrogens with zero attached hydrogens (tertiary/aromatic N) is 6. The molecule has 0 aliphatic carbocycles. The Balaban J connectivity index is 1.03. The third-order valence-corrected chi connectivity index (χ3v) is 9.24. The lowest BCUT2D eigenvalue weighted by atomic mass is 9.93. The van der Waals surface area contributed by atoms with Gasteiger partial charge in [0.15, 0.2) is 5.82 Å². The highest BCUT2D eigenvalue weighted by molar-refractivity contribution is 5.80. The van der Waals surface area contributed by atoms with Crippen molar-refractivity contribution in [1.82, 2.24) is 29.2 Å². The van der Waals surface area contributed by atoms with Crippen LogP contribution >= 0.6 is 0 Å². The summed E-state index contributed by atoms with van der Waals surface area (Å²) < 4.78 is 31.1. The van der Waals surface area contributed by atoms with E-state index in [-0.39, 0.29) is 24.6 Å². The molecule has 1 aliphatic heterocycles. The van der Waals surface area contributed by atoms with Gasteiger partial charge in [-0.3, -0.25) is 14.6 Å². The highest BCUT2D eigenvalue weighted by atomic mass is 16.6. The summed E-state index contributed by atoms with van der Waals surface area (Å²) in [5.41, 5.74) is 5.22. The van der Waals surface area contributed by atoms with Gasteiger partial charge >= 0.3 is 5.97 Å². The van der Waals surface area contributed by atoms with Gasteiger partial charge in [0.25, 0.3) is 5.56 Å². The van der Waals surface area contributed by atoms with Gasteiger partial charge in [0.05, 0.1) is 90.2 Å². The fourth-order valence-corrected chi connectivity index (χ4v) is 6.35. The second-order valence-corrected chi connectivity index (χ2v) is 13.0. The van der Waals surface area contributed by atoms with E-state index < -0.39 is 5.97 Å². The Kier molecular flexibility index (Phi) is 15.3. The molecule has 1 atom stereocenters. The molecule has 0 saturated carbocycles. The lowest BCUT2D eigenvalue weighted by molar-refractivity contribution is -0.138. The summed E-state index contributed by atoms with van der Waals surface area (Å²) >= 11 is 0. The highest BCUT2D eigenvalue weighted by Gasteiger charge is 2.25. The second-order valence-electron chi connectivity index (χ2n) is 13.0. The molecule has 4 heterocycles. The number of imidazole rings is 1. The summed E-state index contributed by atoms with van der Waals surface area (Å²) in [7, 11) is 1.68. The van der Waals surface area contributed by atoms with Crippen molar-refractivity contribution in [2.75, 3.05) is 85.7 Å². The molecule has 14 heteroatoms. The quantitative estimate of drug-likeness (QED) is 0.117. The van der Waals surface area contributed by atoms with E-state index in [1.165, 1.54) is 4.68 Å². The van der Waals surface area contributed by atoms with Gasteiger partial charge in [0.2, 0.25) is 0 Å². The monoisotopic (exact) mass is 720 g/mol. The number of fused-ring (bicyclic) bond motifs is 1. The maximum atomic E-state index is 12.4. The fraction of sp³-hybridized carbons (Fsp3) is 0.553. The smallest absolute Gasteiger partial charge is 0.305 e. The first-order valence-electron chi connectivity index (χ1n) is 18.1. The number of aliphatic carboxylic acids is 1. The summed E-state index contributed by atoms with van der Waals surface area (Å²) in [5, 5.41) is 13.1. The van der Waals surface area contributed by atoms with Crippen LogP contribution in [-0.2, 0) is 35.5 Å². The minimum atomic E-state index is -0.871. The fourth-order valence-electron chi connectivity index (χ4n) is 6.35. The van der Waals surface area contributed by atoms with Crippen LogP contribution in [0.3, 0.4) is 0 Å². The zero-order valence-corrected chi connectivity index (χ0v) is 30.6. The van der Waals surface area contributed by atoms with Crippen molar-refractivity contribution in [2.24, 2.45) is 7.05 Å². The summed E-state index contributed by atoms with van der Waals surface area (Å²) in [6.45, 7) is 11.4. The lowest BCUT2D eigenvalue weighted by Crippen LogP contribution is -2.35. The molecule has 4 aromatic rings. The Bertz CT molecular complexity index is 1730. The average Bonchev–Trinajstić information content (AvgIpc) is 3.54. The number of carboxylic acid groups (broad SMARTS) is 1. The van der Waals surface area contributed by atoms with Gasteiger partial charge < -0.3 is 38.3 Å². The lowest BCUT2D eigenvalue weighted by Gasteiger charge is -2.31. The van der Waals surface area contributed by atoms with Crippen molar-refractivity contribution < 1.29 is 33.6 Å². The molecule has 0 bridgehead atoms. The summed E-state index contributed by atoms with van der Waals surface area (Å²) in [4.78, 5) is 35.2. The van der Waals surface area contributed by atoms with Crippen molar-refractivity contribution in [2.45, 2.75) is 45.1 Å². The van der Waals surface area contributed by atoms with Gasteiger partial charge in [-0.15, -0.1) is 0 Å². The molecule has 52 heavy (non-hydrogen) atoms. The molecular formula is C38H52N6O8. The first kappa shape index (κ1) is 39.2. The average molecular weight is 721 g/mol. The number of pyridine rings is 1. The summed E-state index contributed by atoms with van der Waals surface area (Å²) in [5.74, 6) is 0.198. The number of hydrogen-bond donors (Lipinski definition) is 1. The maximum absolute atomic E-state index is 12.4. The molecule has 14 nitrogen and oxygen atoms in total. The second kappa shape index (κ2) is 20.3. The third kappa shape index (κ3) is 11.2. The molecule has 0 radical (unpaired) electrons. The Morgan fingerprint density at radius 2 is 1.48 bits per heavy atom. The van der Waals surface area contributed by atoms with Crippen LogP contribution in [0.2, 0.25) is 0 Å². The van der Waals surface area contributed by atoms with Crippen LogP contribution in [0.15, 0.2) is 53.5 Å². The zero-order chi connectivity index (χ0) is 36.7. The van der Waals surface area contributed by atoms with Crippen LogP contribution in [0.5, 0.6) is 0 Å². The van der Waals surface area contributed by atoms with Crippen molar-refractivity contribution in [3.05, 3.63) is 75.8 Å². The number of rotatable bonds is 22. The Hall–Kier alpha value is -4.05. The number of benzene rings is 1. The van der Waals surface area contributed by atoms with Crippen molar-refractivity contribution in [1.29, 1.82) is 0 Å². The van der Waals surface area contributed by atoms with Crippen LogP contribution in [0, 0.1) is 6.92 Å². The normalized spacial score (nSPS) is 14.7. The van der Waals surface area contributed by atoms with E-state index in [4.69, 9.17) is 38.8 Å². The molecule has 3 aromatic heterocycles. The largest absolute Gasteiger partial charge is 0.481 e. The molecule has 1 aliphatic rings. The number of carbonyl (C=O) groups is 1. The number of aromatic nitrogens is 5. The number of likely N-dealkylation sites (tertiary alicyclic amines) is 1. The van der Waals surface area contributed by atoms with Gasteiger partial charge in [-0.1, -0.05) is 30.3 Å². The molecule has 1 aromatic carbocycles. The van der Waals surface area contributed by atoms with Crippen molar-refractivity contribution in [3.8, 4) is 11.5 Å². The van der Waals surface area contributed by atoms with E-state index in [9.17, 15) is 9.59 Å². The van der Waals surface area contributed by atoms with Gasteiger partial charge in [0, 0.05) is 30.8 Å². The minimum absolute atomic E-state index is 0.00228. The van der Waals surface area contributed by atoms with Gasteiger partial charge in [-0.25, -0.2) is 9.67 Å². The highest BCUT2D eigenvalue weighted by Crippen LogP contribution is 2.34. The molecule has 1 N–H and O–H groups in total. The molecule has 1 fully saturated rings. The van der Waals surface area contributed by atoms with E-state index >= 15 is 0 Å². The summed E-state index contributed by atoms with van der Waals surface area (Å²) in [6.07, 6.45) is 3.92. The third-order valence-electron chi connectivity index (χ3n) is 9.24. The Morgan fingerprint density at radius 3 is 2.08 bits per heavy atom. The van der Waals surface area contributed by atoms with Crippen LogP contribution in [-0.4, -0.2) is 126 Å². The predicted molar refractivity (Wildman–Crippen MR) is 196 cm³/mol. The van der Waals surface area contributed by atoms with Crippen LogP contribution < -0.4 is 5.56 Å². The van der Waals surface area contributed by atoms with E-state index in [1.807, 2.05) is 37.4 Å². The molecule has 5 rings (SSSR count). The van der Waals surface area contributed by atoms with E-state index in [0.29, 0.717) is 76.6 Å². The van der Waals surface area contributed by atoms with E-state index in [0.717, 1.165) is 60.6 Å². The van der Waals surface area contributed by atoms with Gasteiger partial charge in [-0.2, -0.15) is 5.10 Å². The minimum Gasteiger partial charge on any atom is -0.481 e. The summed E-state index contributed by atoms with van der Waals surface area (Å²) in [6, 6.07) is 14.4. The maximum Gasteiger partial charge on any atom is 0.305 e. The number of hydrogen-bond acceptors (Lipinski definition) is 11. The van der Waals surface area contributed by atoms with Crippen LogP contribution in [0.1, 0.15) is 55.0 Å². The van der Waals surface area contributed by atoms with Crippen LogP contribution in [0.25, 0.3) is 22.6 Å². The number of aryl methyl sites for hydroxylation is 2. The van der Waals surface area contributed by atoms with Crippen molar-refractivity contribution >= 4 is 17.0 Å². The van der Waals surface area contributed by atoms with Gasteiger partial charge in [-0.05, 0) is 57.5 Å². The van der Waals surface area contributed by atoms with E-state index in [2.05, 4.69) is 39.7 Å².